The van der Waals surface area contributed by atoms with Gasteiger partial charge in [-0.3, -0.25) is 4.68 Å². The van der Waals surface area contributed by atoms with Gasteiger partial charge in [-0.2, -0.15) is 5.10 Å². The van der Waals surface area contributed by atoms with Crippen molar-refractivity contribution >= 4 is 73.7 Å². The highest BCUT2D eigenvalue weighted by molar-refractivity contribution is 14.1. The third-order valence-electron chi connectivity index (χ3n) is 2.49. The van der Waals surface area contributed by atoms with Crippen LogP contribution in [0.25, 0.3) is 0 Å². The first kappa shape index (κ1) is 15.5. The number of aryl methyl sites for hydroxylation is 1. The van der Waals surface area contributed by atoms with Gasteiger partial charge in [0.2, 0.25) is 0 Å². The lowest BCUT2D eigenvalue weighted by molar-refractivity contribution is 0.0462. The quantitative estimate of drug-likeness (QED) is 0.311. The minimum atomic E-state index is -0.304. The number of hydrogen-bond donors (Lipinski definition) is 0. The molecule has 0 aliphatic carbocycles. The maximum atomic E-state index is 12.1. The zero-order chi connectivity index (χ0) is 14.0. The number of aromatic nitrogens is 2. The minimum Gasteiger partial charge on any atom is -0.456 e. The van der Waals surface area contributed by atoms with Gasteiger partial charge in [-0.15, -0.1) is 0 Å². The van der Waals surface area contributed by atoms with Crippen LogP contribution in [0.15, 0.2) is 24.4 Å². The first-order valence-electron chi connectivity index (χ1n) is 5.27. The number of benzene rings is 1. The molecule has 0 saturated carbocycles. The molecule has 19 heavy (non-hydrogen) atoms. The van der Waals surface area contributed by atoms with Crippen LogP contribution in [0.5, 0.6) is 0 Å². The van der Waals surface area contributed by atoms with Crippen LogP contribution in [-0.2, 0) is 18.4 Å². The Balaban J connectivity index is 2.15. The van der Waals surface area contributed by atoms with E-state index >= 15 is 0 Å². The molecule has 0 unspecified atom stereocenters. The Hall–Kier alpha value is 0.0900. The summed E-state index contributed by atoms with van der Waals surface area (Å²) in [4.78, 5) is 12.1. The summed E-state index contributed by atoms with van der Waals surface area (Å²) in [5.41, 5.74) is 1.47. The highest BCUT2D eigenvalue weighted by atomic mass is 127. The number of hydrogen-bond acceptors (Lipinski definition) is 3. The fraction of sp³-hybridized carbons (Fsp3) is 0.167. The smallest absolute Gasteiger partial charge is 0.339 e. The van der Waals surface area contributed by atoms with Crippen molar-refractivity contribution in [1.29, 1.82) is 0 Å². The fourth-order valence-electron chi connectivity index (χ4n) is 1.46. The standard InChI is InChI=1S/C12H9I3N2O2/c1-17-8(2-3-16-17)6-19-12(18)9-4-7(13)5-10(14)11(9)15/h2-5H,6H2,1H3. The average molecular weight is 594 g/mol. The molecule has 0 bridgehead atoms. The van der Waals surface area contributed by atoms with Crippen molar-refractivity contribution in [3.8, 4) is 0 Å². The van der Waals surface area contributed by atoms with Crippen molar-refractivity contribution < 1.29 is 9.53 Å². The topological polar surface area (TPSA) is 44.1 Å². The lowest BCUT2D eigenvalue weighted by Gasteiger charge is -2.08. The number of rotatable bonds is 3. The molecule has 1 aromatic carbocycles. The fourth-order valence-corrected chi connectivity index (χ4v) is 3.84. The van der Waals surface area contributed by atoms with Gasteiger partial charge in [0.15, 0.2) is 0 Å². The molecule has 7 heteroatoms. The van der Waals surface area contributed by atoms with Gasteiger partial charge in [-0.25, -0.2) is 4.79 Å². The van der Waals surface area contributed by atoms with E-state index in [-0.39, 0.29) is 12.6 Å². The van der Waals surface area contributed by atoms with Crippen LogP contribution < -0.4 is 0 Å². The van der Waals surface area contributed by atoms with Crippen molar-refractivity contribution in [3.05, 3.63) is 46.4 Å². The van der Waals surface area contributed by atoms with Gasteiger partial charge < -0.3 is 4.74 Å². The van der Waals surface area contributed by atoms with Crippen molar-refractivity contribution in [3.63, 3.8) is 0 Å². The molecular formula is C12H9I3N2O2. The Labute approximate surface area is 151 Å². The molecule has 0 fully saturated rings. The predicted molar refractivity (Wildman–Crippen MR) is 96.9 cm³/mol. The van der Waals surface area contributed by atoms with Gasteiger partial charge in [0.1, 0.15) is 6.61 Å². The number of ether oxygens (including phenoxy) is 1. The normalized spacial score (nSPS) is 10.5. The highest BCUT2D eigenvalue weighted by Gasteiger charge is 2.15. The molecule has 4 nitrogen and oxygen atoms in total. The summed E-state index contributed by atoms with van der Waals surface area (Å²) in [5.74, 6) is -0.304. The van der Waals surface area contributed by atoms with Crippen molar-refractivity contribution in [2.75, 3.05) is 0 Å². The summed E-state index contributed by atoms with van der Waals surface area (Å²) in [6.07, 6.45) is 1.68. The molecule has 0 saturated heterocycles. The summed E-state index contributed by atoms with van der Waals surface area (Å²) < 4.78 is 10.0. The number of nitrogens with zero attached hydrogens (tertiary/aromatic N) is 2. The summed E-state index contributed by atoms with van der Waals surface area (Å²) in [6, 6.07) is 5.70. The Kier molecular flexibility index (Phi) is 5.45. The summed E-state index contributed by atoms with van der Waals surface area (Å²) in [6.45, 7) is 0.230. The lowest BCUT2D eigenvalue weighted by Crippen LogP contribution is -2.10. The number of esters is 1. The summed E-state index contributed by atoms with van der Waals surface area (Å²) in [7, 11) is 1.82. The largest absolute Gasteiger partial charge is 0.456 e. The molecule has 1 aromatic heterocycles. The van der Waals surface area contributed by atoms with Gasteiger partial charge >= 0.3 is 5.97 Å². The van der Waals surface area contributed by atoms with Gasteiger partial charge in [-0.05, 0) is 86.0 Å². The molecule has 0 radical (unpaired) electrons. The second kappa shape index (κ2) is 6.70. The van der Waals surface area contributed by atoms with Crippen LogP contribution in [0, 0.1) is 10.7 Å². The van der Waals surface area contributed by atoms with E-state index in [9.17, 15) is 4.79 Å². The third kappa shape index (κ3) is 3.80. The van der Waals surface area contributed by atoms with E-state index in [0.717, 1.165) is 16.4 Å². The van der Waals surface area contributed by atoms with Gasteiger partial charge in [-0.1, -0.05) is 0 Å². The first-order valence-corrected chi connectivity index (χ1v) is 8.51. The van der Waals surface area contributed by atoms with E-state index in [0.29, 0.717) is 5.56 Å². The van der Waals surface area contributed by atoms with Crippen molar-refractivity contribution in [2.45, 2.75) is 6.61 Å². The Morgan fingerprint density at radius 2 is 2.11 bits per heavy atom. The Bertz CT molecular complexity index is 625. The van der Waals surface area contributed by atoms with E-state index in [1.807, 2.05) is 25.2 Å². The molecular weight excluding hydrogens is 585 g/mol. The second-order valence-corrected chi connectivity index (χ2v) is 7.26. The van der Waals surface area contributed by atoms with Crippen LogP contribution in [0.4, 0.5) is 0 Å². The molecule has 0 amide bonds. The van der Waals surface area contributed by atoms with Gasteiger partial charge in [0.25, 0.3) is 0 Å². The molecule has 100 valence electrons. The molecule has 0 atom stereocenters. The molecule has 0 N–H and O–H groups in total. The zero-order valence-electron chi connectivity index (χ0n) is 9.86. The zero-order valence-corrected chi connectivity index (χ0v) is 16.3. The van der Waals surface area contributed by atoms with Gasteiger partial charge in [0.05, 0.1) is 11.3 Å². The third-order valence-corrected chi connectivity index (χ3v) is 6.15. The van der Waals surface area contributed by atoms with Crippen LogP contribution in [0.1, 0.15) is 16.1 Å². The first-order chi connectivity index (χ1) is 8.99. The molecule has 0 aliphatic heterocycles. The van der Waals surface area contributed by atoms with Crippen LogP contribution >= 0.6 is 67.8 Å². The van der Waals surface area contributed by atoms with Crippen molar-refractivity contribution in [2.24, 2.45) is 7.05 Å². The van der Waals surface area contributed by atoms with Crippen molar-refractivity contribution in [1.82, 2.24) is 9.78 Å². The maximum absolute atomic E-state index is 12.1. The molecule has 0 aliphatic rings. The summed E-state index contributed by atoms with van der Waals surface area (Å²) >= 11 is 6.58. The monoisotopic (exact) mass is 594 g/mol. The van der Waals surface area contributed by atoms with E-state index in [4.69, 9.17) is 4.74 Å². The van der Waals surface area contributed by atoms with E-state index in [1.54, 1.807) is 10.9 Å². The highest BCUT2D eigenvalue weighted by Crippen LogP contribution is 2.23. The second-order valence-electron chi connectivity index (χ2n) is 3.77. The van der Waals surface area contributed by atoms with E-state index in [2.05, 4.69) is 72.9 Å². The average Bonchev–Trinajstić information content (AvgIpc) is 2.76. The lowest BCUT2D eigenvalue weighted by atomic mass is 10.2. The molecule has 0 spiro atoms. The van der Waals surface area contributed by atoms with Gasteiger partial charge in [0, 0.05) is 24.0 Å². The van der Waals surface area contributed by atoms with E-state index < -0.39 is 0 Å². The van der Waals surface area contributed by atoms with Crippen LogP contribution in [-0.4, -0.2) is 15.7 Å². The maximum Gasteiger partial charge on any atom is 0.339 e. The number of carbonyl (C=O) groups excluding carboxylic acids is 1. The Morgan fingerprint density at radius 1 is 1.37 bits per heavy atom. The molecule has 2 aromatic rings. The number of carbonyl (C=O) groups is 1. The summed E-state index contributed by atoms with van der Waals surface area (Å²) in [5, 5.41) is 4.03. The van der Waals surface area contributed by atoms with Crippen LogP contribution in [0.3, 0.4) is 0 Å². The van der Waals surface area contributed by atoms with Crippen LogP contribution in [0.2, 0.25) is 0 Å². The number of halogens is 3. The Morgan fingerprint density at radius 3 is 2.74 bits per heavy atom. The SMILES string of the molecule is Cn1nccc1COC(=O)c1cc(I)cc(I)c1I. The molecule has 1 heterocycles. The predicted octanol–water partition coefficient (Wildman–Crippen LogP) is 3.59. The molecule has 2 rings (SSSR count). The van der Waals surface area contributed by atoms with E-state index in [1.165, 1.54) is 0 Å². The minimum absolute atomic E-state index is 0.230.